The van der Waals surface area contributed by atoms with Crippen molar-refractivity contribution in [2.75, 3.05) is 0 Å². The Labute approximate surface area is 61.0 Å². The molecule has 3 heteroatoms. The first-order valence-corrected chi connectivity index (χ1v) is 3.45. The van der Waals surface area contributed by atoms with Crippen LogP contribution in [-0.2, 0) is 0 Å². The third-order valence-corrected chi connectivity index (χ3v) is 1.91. The Kier molecular flexibility index (Phi) is 1.90. The first-order valence-electron chi connectivity index (χ1n) is 2.65. The molecule has 1 nitrogen and oxygen atoms in total. The molecule has 0 bridgehead atoms. The van der Waals surface area contributed by atoms with Crippen molar-refractivity contribution < 1.29 is 9.50 Å². The minimum atomic E-state index is -0.527. The van der Waals surface area contributed by atoms with Crippen LogP contribution in [-0.4, -0.2) is 5.11 Å². The molecule has 0 radical (unpaired) electrons. The zero-order chi connectivity index (χ0) is 6.85. The molecule has 1 aliphatic carbocycles. The van der Waals surface area contributed by atoms with Crippen molar-refractivity contribution in [1.82, 2.24) is 0 Å². The molecule has 1 aliphatic rings. The summed E-state index contributed by atoms with van der Waals surface area (Å²) in [4.78, 5) is 0. The van der Waals surface area contributed by atoms with Crippen LogP contribution in [0.15, 0.2) is 22.1 Å². The van der Waals surface area contributed by atoms with Gasteiger partial charge in [0, 0.05) is 4.48 Å². The van der Waals surface area contributed by atoms with Gasteiger partial charge in [-0.05, 0) is 18.9 Å². The zero-order valence-electron chi connectivity index (χ0n) is 4.69. The van der Waals surface area contributed by atoms with Gasteiger partial charge in [0.1, 0.15) is 5.76 Å². The lowest BCUT2D eigenvalue weighted by molar-refractivity contribution is 0.381. The van der Waals surface area contributed by atoms with Crippen molar-refractivity contribution in [3.8, 4) is 0 Å². The topological polar surface area (TPSA) is 20.2 Å². The van der Waals surface area contributed by atoms with Crippen LogP contribution in [0, 0.1) is 0 Å². The van der Waals surface area contributed by atoms with Crippen LogP contribution in [0.5, 0.6) is 0 Å². The van der Waals surface area contributed by atoms with Gasteiger partial charge in [-0.2, -0.15) is 0 Å². The molecule has 0 unspecified atom stereocenters. The van der Waals surface area contributed by atoms with Crippen molar-refractivity contribution in [3.05, 3.63) is 22.1 Å². The summed E-state index contributed by atoms with van der Waals surface area (Å²) < 4.78 is 12.9. The number of halogens is 2. The largest absolute Gasteiger partial charge is 0.505 e. The van der Waals surface area contributed by atoms with Gasteiger partial charge in [-0.1, -0.05) is 15.9 Å². The highest BCUT2D eigenvalue weighted by Gasteiger charge is 2.11. The van der Waals surface area contributed by atoms with Crippen LogP contribution in [0.2, 0.25) is 0 Å². The standard InChI is InChI=1S/C6H6BrFO/c7-4-2-1-3-5(9)6(4)8/h3,9H,1-2H2. The number of aliphatic hydroxyl groups excluding tert-OH is 1. The van der Waals surface area contributed by atoms with Crippen LogP contribution < -0.4 is 0 Å². The van der Waals surface area contributed by atoms with Gasteiger partial charge in [-0.3, -0.25) is 0 Å². The van der Waals surface area contributed by atoms with Gasteiger partial charge in [-0.15, -0.1) is 0 Å². The van der Waals surface area contributed by atoms with Crippen molar-refractivity contribution in [2.45, 2.75) is 12.8 Å². The van der Waals surface area contributed by atoms with Gasteiger partial charge in [-0.25, -0.2) is 4.39 Å². The SMILES string of the molecule is OC1=CCCC(Br)=C1F. The van der Waals surface area contributed by atoms with E-state index in [1.165, 1.54) is 6.08 Å². The number of aliphatic hydroxyl groups is 1. The summed E-state index contributed by atoms with van der Waals surface area (Å²) >= 11 is 3.00. The quantitative estimate of drug-likeness (QED) is 0.627. The maximum absolute atomic E-state index is 12.5. The fourth-order valence-electron chi connectivity index (χ4n) is 0.674. The smallest absolute Gasteiger partial charge is 0.174 e. The highest BCUT2D eigenvalue weighted by atomic mass is 79.9. The van der Waals surface area contributed by atoms with Gasteiger partial charge in [0.2, 0.25) is 0 Å². The van der Waals surface area contributed by atoms with Crippen molar-refractivity contribution in [1.29, 1.82) is 0 Å². The van der Waals surface area contributed by atoms with Crippen LogP contribution in [0.1, 0.15) is 12.8 Å². The van der Waals surface area contributed by atoms with E-state index in [0.717, 1.165) is 0 Å². The Bertz CT molecular complexity index is 183. The summed E-state index contributed by atoms with van der Waals surface area (Å²) in [6.45, 7) is 0. The fourth-order valence-corrected chi connectivity index (χ4v) is 1.11. The molecule has 1 N–H and O–H groups in total. The second-order valence-electron chi connectivity index (χ2n) is 1.85. The van der Waals surface area contributed by atoms with Crippen molar-refractivity contribution in [2.24, 2.45) is 0 Å². The summed E-state index contributed by atoms with van der Waals surface area (Å²) in [5.74, 6) is -0.769. The van der Waals surface area contributed by atoms with Gasteiger partial charge in [0.15, 0.2) is 5.83 Å². The van der Waals surface area contributed by atoms with E-state index in [2.05, 4.69) is 15.9 Å². The van der Waals surface area contributed by atoms with E-state index in [4.69, 9.17) is 5.11 Å². The number of hydrogen-bond acceptors (Lipinski definition) is 1. The molecule has 0 saturated carbocycles. The molecule has 0 saturated heterocycles. The van der Waals surface area contributed by atoms with Gasteiger partial charge in [0.25, 0.3) is 0 Å². The molecular weight excluding hydrogens is 187 g/mol. The molecule has 0 aromatic rings. The van der Waals surface area contributed by atoms with E-state index in [1.807, 2.05) is 0 Å². The van der Waals surface area contributed by atoms with Crippen molar-refractivity contribution in [3.63, 3.8) is 0 Å². The Morgan fingerprint density at radius 2 is 2.33 bits per heavy atom. The second-order valence-corrected chi connectivity index (χ2v) is 2.80. The molecule has 0 spiro atoms. The van der Waals surface area contributed by atoms with E-state index in [9.17, 15) is 4.39 Å². The molecular formula is C6H6BrFO. The Morgan fingerprint density at radius 1 is 1.67 bits per heavy atom. The molecule has 0 atom stereocenters. The average molecular weight is 193 g/mol. The van der Waals surface area contributed by atoms with Gasteiger partial charge < -0.3 is 5.11 Å². The minimum absolute atomic E-state index is 0.242. The van der Waals surface area contributed by atoms with Gasteiger partial charge >= 0.3 is 0 Å². The van der Waals surface area contributed by atoms with E-state index in [-0.39, 0.29) is 5.76 Å². The minimum Gasteiger partial charge on any atom is -0.505 e. The maximum atomic E-state index is 12.5. The Morgan fingerprint density at radius 3 is 2.78 bits per heavy atom. The summed E-state index contributed by atoms with van der Waals surface area (Å²) in [5, 5.41) is 8.75. The van der Waals surface area contributed by atoms with Crippen LogP contribution in [0.25, 0.3) is 0 Å². The normalized spacial score (nSPS) is 20.0. The lowest BCUT2D eigenvalue weighted by atomic mass is 10.2. The third kappa shape index (κ3) is 1.33. The molecule has 0 amide bonds. The molecule has 0 fully saturated rings. The van der Waals surface area contributed by atoms with Crippen molar-refractivity contribution >= 4 is 15.9 Å². The molecule has 1 rings (SSSR count). The molecule has 9 heavy (non-hydrogen) atoms. The molecule has 50 valence electrons. The first-order chi connectivity index (χ1) is 4.22. The second kappa shape index (κ2) is 2.52. The van der Waals surface area contributed by atoms with Crippen LogP contribution >= 0.6 is 15.9 Å². The number of rotatable bonds is 0. The summed E-state index contributed by atoms with van der Waals surface area (Å²) in [6, 6.07) is 0. The van der Waals surface area contributed by atoms with Crippen LogP contribution in [0.3, 0.4) is 0 Å². The zero-order valence-corrected chi connectivity index (χ0v) is 6.28. The molecule has 0 aromatic heterocycles. The number of allylic oxidation sites excluding steroid dienone is 3. The fraction of sp³-hybridized carbons (Fsp3) is 0.333. The Hall–Kier alpha value is -0.310. The highest BCUT2D eigenvalue weighted by molar-refractivity contribution is 9.11. The van der Waals surface area contributed by atoms with Crippen LogP contribution in [0.4, 0.5) is 4.39 Å². The number of hydrogen-bond donors (Lipinski definition) is 1. The van der Waals surface area contributed by atoms with E-state index >= 15 is 0 Å². The molecule has 0 heterocycles. The Balaban J connectivity index is 2.88. The lowest BCUT2D eigenvalue weighted by Crippen LogP contribution is -1.91. The first kappa shape index (κ1) is 6.81. The average Bonchev–Trinajstić information content (AvgIpc) is 1.83. The summed E-state index contributed by atoms with van der Waals surface area (Å²) in [5.41, 5.74) is 0. The van der Waals surface area contributed by atoms with E-state index in [0.29, 0.717) is 17.3 Å². The summed E-state index contributed by atoms with van der Waals surface area (Å²) in [6.07, 6.45) is 2.83. The molecule has 0 aromatic carbocycles. The van der Waals surface area contributed by atoms with E-state index in [1.54, 1.807) is 0 Å². The molecule has 0 aliphatic heterocycles. The monoisotopic (exact) mass is 192 g/mol. The third-order valence-electron chi connectivity index (χ3n) is 1.16. The highest BCUT2D eigenvalue weighted by Crippen LogP contribution is 2.28. The lowest BCUT2D eigenvalue weighted by Gasteiger charge is -2.05. The summed E-state index contributed by atoms with van der Waals surface area (Å²) in [7, 11) is 0. The van der Waals surface area contributed by atoms with E-state index < -0.39 is 5.83 Å². The predicted octanol–water partition coefficient (Wildman–Crippen LogP) is 2.80. The van der Waals surface area contributed by atoms with Gasteiger partial charge in [0.05, 0.1) is 0 Å². The maximum Gasteiger partial charge on any atom is 0.174 e. The predicted molar refractivity (Wildman–Crippen MR) is 37.0 cm³/mol.